The van der Waals surface area contributed by atoms with Crippen molar-refractivity contribution in [3.05, 3.63) is 95.1 Å². The van der Waals surface area contributed by atoms with Crippen LogP contribution in [0, 0.1) is 23.2 Å². The molecule has 4 rings (SSSR count). The number of amidine groups is 1. The molecule has 0 aliphatic carbocycles. The minimum Gasteiger partial charge on any atom is -0.383 e. The minimum atomic E-state index is 0.389. The van der Waals surface area contributed by atoms with Gasteiger partial charge in [-0.2, -0.15) is 5.26 Å². The highest BCUT2D eigenvalue weighted by Crippen LogP contribution is 2.13. The Kier molecular flexibility index (Phi) is 8.27. The summed E-state index contributed by atoms with van der Waals surface area (Å²) < 4.78 is 0. The molecular formula is C29H30N8. The average molecular weight is 491 g/mol. The predicted octanol–water partition coefficient (Wildman–Crippen LogP) is 3.31. The van der Waals surface area contributed by atoms with Crippen LogP contribution in [-0.2, 0) is 6.54 Å². The van der Waals surface area contributed by atoms with Gasteiger partial charge in [-0.15, -0.1) is 0 Å². The van der Waals surface area contributed by atoms with Gasteiger partial charge in [0, 0.05) is 61.3 Å². The third-order valence-corrected chi connectivity index (χ3v) is 6.00. The Morgan fingerprint density at radius 3 is 2.54 bits per heavy atom. The third-order valence-electron chi connectivity index (χ3n) is 6.00. The summed E-state index contributed by atoms with van der Waals surface area (Å²) in [6.07, 6.45) is 4.93. The first kappa shape index (κ1) is 25.6. The Morgan fingerprint density at radius 1 is 1.14 bits per heavy atom. The summed E-state index contributed by atoms with van der Waals surface area (Å²) in [5.41, 5.74) is 11.5. The molecule has 0 amide bonds. The summed E-state index contributed by atoms with van der Waals surface area (Å²) >= 11 is 0. The van der Waals surface area contributed by atoms with Gasteiger partial charge in [-0.1, -0.05) is 42.7 Å². The first-order valence-corrected chi connectivity index (χ1v) is 12.0. The van der Waals surface area contributed by atoms with Gasteiger partial charge < -0.3 is 15.6 Å². The summed E-state index contributed by atoms with van der Waals surface area (Å²) in [4.78, 5) is 20.7. The lowest BCUT2D eigenvalue weighted by Crippen LogP contribution is -2.43. The monoisotopic (exact) mass is 490 g/mol. The van der Waals surface area contributed by atoms with Crippen LogP contribution in [0.25, 0.3) is 11.5 Å². The molecule has 3 heterocycles. The van der Waals surface area contributed by atoms with Crippen molar-refractivity contribution in [2.24, 2.45) is 10.7 Å². The number of rotatable bonds is 6. The van der Waals surface area contributed by atoms with Crippen molar-refractivity contribution < 1.29 is 0 Å². The molecule has 3 N–H and O–H groups in total. The SMILES string of the molecule is C=C(C#Cc1ccc(-c2ncc(C#N)[nH]2)nc1)/C=C(\C)N=C(N)c1ccc(CN2CCN(C)CC2)cc1. The highest BCUT2D eigenvalue weighted by Gasteiger charge is 2.13. The standard InChI is InChI=1S/C29H30N8/c1-21(4-5-23-8-11-27(32-18-23)29-33-19-26(17-30)35-29)16-22(2)34-28(31)25-9-6-24(7-10-25)20-37-14-12-36(3)13-15-37/h6-11,16,18-19H,1,12-15,20H2,2-3H3,(H2,31,34)(H,33,35)/b22-16+. The van der Waals surface area contributed by atoms with E-state index in [1.807, 2.05) is 31.2 Å². The van der Waals surface area contributed by atoms with E-state index in [2.05, 4.69) is 67.3 Å². The fraction of sp³-hybridized carbons (Fsp3) is 0.241. The first-order valence-electron chi connectivity index (χ1n) is 12.0. The van der Waals surface area contributed by atoms with Crippen molar-refractivity contribution in [1.82, 2.24) is 24.8 Å². The molecule has 37 heavy (non-hydrogen) atoms. The highest BCUT2D eigenvalue weighted by molar-refractivity contribution is 5.98. The van der Waals surface area contributed by atoms with E-state index in [0.29, 0.717) is 28.6 Å². The Hall–Kier alpha value is -4.50. The number of benzene rings is 1. The number of aromatic nitrogens is 3. The number of pyridine rings is 1. The second-order valence-corrected chi connectivity index (χ2v) is 9.02. The zero-order valence-corrected chi connectivity index (χ0v) is 21.2. The van der Waals surface area contributed by atoms with E-state index >= 15 is 0 Å². The topological polar surface area (TPSA) is 110 Å². The van der Waals surface area contributed by atoms with E-state index in [1.54, 1.807) is 18.3 Å². The summed E-state index contributed by atoms with van der Waals surface area (Å²) in [6, 6.07) is 13.9. The maximum absolute atomic E-state index is 8.91. The molecule has 0 spiro atoms. The van der Waals surface area contributed by atoms with Crippen molar-refractivity contribution in [3.8, 4) is 29.4 Å². The maximum Gasteiger partial charge on any atom is 0.157 e. The van der Waals surface area contributed by atoms with Crippen LogP contribution in [0.5, 0.6) is 0 Å². The number of aliphatic imine (C=N–C) groups is 1. The molecule has 3 aromatic rings. The number of piperazine rings is 1. The first-order chi connectivity index (χ1) is 17.9. The molecule has 186 valence electrons. The predicted molar refractivity (Wildman–Crippen MR) is 146 cm³/mol. The molecule has 1 aliphatic rings. The molecule has 1 saturated heterocycles. The molecule has 0 unspecified atom stereocenters. The number of nitrogens with one attached hydrogen (secondary N) is 1. The largest absolute Gasteiger partial charge is 0.383 e. The van der Waals surface area contributed by atoms with Gasteiger partial charge >= 0.3 is 0 Å². The quantitative estimate of drug-likeness (QED) is 0.237. The minimum absolute atomic E-state index is 0.389. The molecular weight excluding hydrogens is 460 g/mol. The van der Waals surface area contributed by atoms with Crippen molar-refractivity contribution >= 4 is 5.84 Å². The van der Waals surface area contributed by atoms with Crippen LogP contribution in [0.4, 0.5) is 0 Å². The van der Waals surface area contributed by atoms with Gasteiger partial charge in [-0.05, 0) is 37.7 Å². The van der Waals surface area contributed by atoms with Gasteiger partial charge in [0.2, 0.25) is 0 Å². The maximum atomic E-state index is 8.91. The average Bonchev–Trinajstić information content (AvgIpc) is 3.39. The van der Waals surface area contributed by atoms with E-state index < -0.39 is 0 Å². The number of nitrogens with zero attached hydrogens (tertiary/aromatic N) is 6. The fourth-order valence-electron chi connectivity index (χ4n) is 3.89. The number of likely N-dealkylation sites (N-methyl/N-ethyl adjacent to an activating group) is 1. The van der Waals surface area contributed by atoms with Crippen LogP contribution in [0.1, 0.15) is 29.3 Å². The van der Waals surface area contributed by atoms with Gasteiger partial charge in [0.1, 0.15) is 23.3 Å². The Labute approximate surface area is 217 Å². The number of allylic oxidation sites excluding steroid dienone is 3. The Bertz CT molecular complexity index is 1400. The molecule has 0 atom stereocenters. The van der Waals surface area contributed by atoms with Crippen LogP contribution >= 0.6 is 0 Å². The second-order valence-electron chi connectivity index (χ2n) is 9.02. The second kappa shape index (κ2) is 12.0. The highest BCUT2D eigenvalue weighted by atomic mass is 15.2. The van der Waals surface area contributed by atoms with Crippen LogP contribution in [0.15, 0.2) is 77.7 Å². The molecule has 8 nitrogen and oxygen atoms in total. The molecule has 0 bridgehead atoms. The Morgan fingerprint density at radius 2 is 1.89 bits per heavy atom. The van der Waals surface area contributed by atoms with Crippen molar-refractivity contribution in [2.75, 3.05) is 33.2 Å². The third kappa shape index (κ3) is 7.25. The lowest BCUT2D eigenvalue weighted by Gasteiger charge is -2.32. The molecule has 0 radical (unpaired) electrons. The summed E-state index contributed by atoms with van der Waals surface area (Å²) in [5, 5.41) is 8.91. The molecule has 1 aliphatic heterocycles. The van der Waals surface area contributed by atoms with E-state index in [9.17, 15) is 0 Å². The number of hydrogen-bond donors (Lipinski definition) is 2. The van der Waals surface area contributed by atoms with E-state index in [-0.39, 0.29) is 0 Å². The van der Waals surface area contributed by atoms with Crippen LogP contribution in [0.3, 0.4) is 0 Å². The van der Waals surface area contributed by atoms with Crippen LogP contribution in [-0.4, -0.2) is 63.8 Å². The fourth-order valence-corrected chi connectivity index (χ4v) is 3.89. The zero-order chi connectivity index (χ0) is 26.2. The van der Waals surface area contributed by atoms with Gasteiger partial charge in [-0.25, -0.2) is 9.98 Å². The number of nitriles is 1. The number of imidazole rings is 1. The van der Waals surface area contributed by atoms with Crippen molar-refractivity contribution in [1.29, 1.82) is 5.26 Å². The van der Waals surface area contributed by atoms with Gasteiger partial charge in [0.05, 0.1) is 6.20 Å². The normalized spacial score (nSPS) is 15.1. The van der Waals surface area contributed by atoms with Crippen molar-refractivity contribution in [3.63, 3.8) is 0 Å². The van der Waals surface area contributed by atoms with E-state index in [1.165, 1.54) is 11.8 Å². The van der Waals surface area contributed by atoms with Gasteiger partial charge in [0.15, 0.2) is 5.82 Å². The van der Waals surface area contributed by atoms with Gasteiger partial charge in [-0.3, -0.25) is 9.88 Å². The van der Waals surface area contributed by atoms with E-state index in [0.717, 1.165) is 49.5 Å². The smallest absolute Gasteiger partial charge is 0.157 e. The number of nitrogens with two attached hydrogens (primary N) is 1. The molecule has 8 heteroatoms. The summed E-state index contributed by atoms with van der Waals surface area (Å²) in [6.45, 7) is 11.2. The molecule has 0 saturated carbocycles. The van der Waals surface area contributed by atoms with Crippen LogP contribution < -0.4 is 5.73 Å². The molecule has 2 aromatic heterocycles. The summed E-state index contributed by atoms with van der Waals surface area (Å²) in [5.74, 6) is 7.06. The lowest BCUT2D eigenvalue weighted by atomic mass is 10.1. The van der Waals surface area contributed by atoms with Crippen LogP contribution in [0.2, 0.25) is 0 Å². The lowest BCUT2D eigenvalue weighted by molar-refractivity contribution is 0.148. The summed E-state index contributed by atoms with van der Waals surface area (Å²) in [7, 11) is 2.17. The number of H-pyrrole nitrogens is 1. The van der Waals surface area contributed by atoms with Gasteiger partial charge in [0.25, 0.3) is 0 Å². The van der Waals surface area contributed by atoms with E-state index in [4.69, 9.17) is 11.0 Å². The number of hydrogen-bond acceptors (Lipinski definition) is 6. The Balaban J connectivity index is 1.34. The zero-order valence-electron chi connectivity index (χ0n) is 21.2. The molecule has 1 aromatic carbocycles. The molecule has 1 fully saturated rings. The number of aromatic amines is 1. The van der Waals surface area contributed by atoms with Crippen molar-refractivity contribution in [2.45, 2.75) is 13.5 Å².